The largest absolute Gasteiger partial charge is 0.497 e. The van der Waals surface area contributed by atoms with E-state index in [0.717, 1.165) is 5.56 Å². The molecule has 7 nitrogen and oxygen atoms in total. The van der Waals surface area contributed by atoms with Crippen LogP contribution in [-0.2, 0) is 26.5 Å². The Morgan fingerprint density at radius 2 is 1.89 bits per heavy atom. The summed E-state index contributed by atoms with van der Waals surface area (Å²) in [6.07, 6.45) is 0.930. The van der Waals surface area contributed by atoms with Crippen LogP contribution in [0.15, 0.2) is 48.5 Å². The number of anilines is 2. The van der Waals surface area contributed by atoms with E-state index in [4.69, 9.17) is 4.74 Å². The van der Waals surface area contributed by atoms with E-state index in [1.165, 1.54) is 4.31 Å². The molecule has 0 spiro atoms. The van der Waals surface area contributed by atoms with Crippen molar-refractivity contribution in [1.82, 2.24) is 0 Å². The Bertz CT molecular complexity index is 1000. The topological polar surface area (TPSA) is 92.8 Å². The van der Waals surface area contributed by atoms with E-state index >= 15 is 0 Å². The molecule has 0 aliphatic carbocycles. The molecule has 1 saturated heterocycles. The Kier molecular flexibility index (Phi) is 5.61. The zero-order chi connectivity index (χ0) is 19.5. The highest BCUT2D eigenvalue weighted by molar-refractivity contribution is 7.93. The Morgan fingerprint density at radius 1 is 1.15 bits per heavy atom. The average molecular weight is 411 g/mol. The smallest absolute Gasteiger partial charge is 0.235 e. The number of aryl methyl sites for hydroxylation is 1. The standard InChI is InChI=1S/C18H22N2O5S2/c1-25-18-8-6-15(7-9-18)10-13-26(21,22)19-16-4-2-5-17(14-16)20-11-3-12-27(20,23)24/h2,4-9,14,19H,3,10-13H2,1H3. The van der Waals surface area contributed by atoms with E-state index in [9.17, 15) is 16.8 Å². The van der Waals surface area contributed by atoms with Gasteiger partial charge in [-0.2, -0.15) is 0 Å². The molecule has 0 saturated carbocycles. The highest BCUT2D eigenvalue weighted by Gasteiger charge is 2.28. The number of ether oxygens (including phenoxy) is 1. The van der Waals surface area contributed by atoms with Crippen molar-refractivity contribution >= 4 is 31.4 Å². The van der Waals surface area contributed by atoms with E-state index in [1.807, 2.05) is 12.1 Å². The number of methoxy groups -OCH3 is 1. The van der Waals surface area contributed by atoms with E-state index in [2.05, 4.69) is 4.72 Å². The summed E-state index contributed by atoms with van der Waals surface area (Å²) in [5, 5.41) is 0. The van der Waals surface area contributed by atoms with Crippen molar-refractivity contribution in [2.45, 2.75) is 12.8 Å². The van der Waals surface area contributed by atoms with Crippen molar-refractivity contribution in [1.29, 1.82) is 0 Å². The Morgan fingerprint density at radius 3 is 2.52 bits per heavy atom. The van der Waals surface area contributed by atoms with Gasteiger partial charge < -0.3 is 4.74 Å². The average Bonchev–Trinajstić information content (AvgIpc) is 2.99. The monoisotopic (exact) mass is 410 g/mol. The van der Waals surface area contributed by atoms with Gasteiger partial charge in [0.15, 0.2) is 0 Å². The lowest BCUT2D eigenvalue weighted by Crippen LogP contribution is -2.25. The number of nitrogens with zero attached hydrogens (tertiary/aromatic N) is 1. The molecular formula is C18H22N2O5S2. The predicted molar refractivity (Wildman–Crippen MR) is 106 cm³/mol. The summed E-state index contributed by atoms with van der Waals surface area (Å²) in [5.74, 6) is 0.754. The molecule has 1 aliphatic rings. The van der Waals surface area contributed by atoms with Crippen LogP contribution in [0, 0.1) is 0 Å². The molecule has 2 aromatic carbocycles. The van der Waals surface area contributed by atoms with Crippen LogP contribution in [0.4, 0.5) is 11.4 Å². The van der Waals surface area contributed by atoms with Gasteiger partial charge in [-0.1, -0.05) is 18.2 Å². The second kappa shape index (κ2) is 7.77. The highest BCUT2D eigenvalue weighted by Crippen LogP contribution is 2.26. The van der Waals surface area contributed by atoms with Crippen molar-refractivity contribution in [2.75, 3.05) is 34.2 Å². The molecule has 3 rings (SSSR count). The van der Waals surface area contributed by atoms with Crippen LogP contribution in [0.2, 0.25) is 0 Å². The lowest BCUT2D eigenvalue weighted by Gasteiger charge is -2.18. The van der Waals surface area contributed by atoms with Crippen LogP contribution in [0.25, 0.3) is 0 Å². The minimum absolute atomic E-state index is 0.0778. The lowest BCUT2D eigenvalue weighted by molar-refractivity contribution is 0.414. The molecular weight excluding hydrogens is 388 g/mol. The van der Waals surface area contributed by atoms with E-state index in [0.29, 0.717) is 36.5 Å². The molecule has 1 aliphatic heterocycles. The highest BCUT2D eigenvalue weighted by atomic mass is 32.2. The first kappa shape index (κ1) is 19.5. The summed E-state index contributed by atoms with van der Waals surface area (Å²) in [7, 11) is -5.30. The first-order valence-corrected chi connectivity index (χ1v) is 11.8. The molecule has 27 heavy (non-hydrogen) atoms. The fourth-order valence-corrected chi connectivity index (χ4v) is 5.58. The molecule has 1 heterocycles. The lowest BCUT2D eigenvalue weighted by atomic mass is 10.2. The van der Waals surface area contributed by atoms with E-state index in [1.54, 1.807) is 43.5 Å². The quantitative estimate of drug-likeness (QED) is 0.756. The van der Waals surface area contributed by atoms with Gasteiger partial charge in [-0.3, -0.25) is 9.03 Å². The Labute approximate surface area is 160 Å². The van der Waals surface area contributed by atoms with Gasteiger partial charge in [-0.25, -0.2) is 16.8 Å². The fraction of sp³-hybridized carbons (Fsp3) is 0.333. The van der Waals surface area contributed by atoms with Crippen LogP contribution >= 0.6 is 0 Å². The maximum atomic E-state index is 12.4. The number of benzene rings is 2. The van der Waals surface area contributed by atoms with Crippen molar-refractivity contribution in [3.8, 4) is 5.75 Å². The van der Waals surface area contributed by atoms with Gasteiger partial charge >= 0.3 is 0 Å². The van der Waals surface area contributed by atoms with Crippen LogP contribution in [0.5, 0.6) is 5.75 Å². The third kappa shape index (κ3) is 4.92. The Balaban J connectivity index is 1.67. The van der Waals surface area contributed by atoms with Gasteiger partial charge in [0, 0.05) is 6.54 Å². The van der Waals surface area contributed by atoms with Gasteiger partial charge in [-0.05, 0) is 48.7 Å². The van der Waals surface area contributed by atoms with Crippen LogP contribution in [0.1, 0.15) is 12.0 Å². The molecule has 9 heteroatoms. The van der Waals surface area contributed by atoms with E-state index in [-0.39, 0.29) is 11.5 Å². The molecule has 1 N–H and O–H groups in total. The summed E-state index contributed by atoms with van der Waals surface area (Å²) in [4.78, 5) is 0. The van der Waals surface area contributed by atoms with Crippen molar-refractivity contribution in [3.05, 3.63) is 54.1 Å². The number of rotatable bonds is 7. The molecule has 0 amide bonds. The number of hydrogen-bond acceptors (Lipinski definition) is 5. The summed E-state index contributed by atoms with van der Waals surface area (Å²) in [6.45, 7) is 0.413. The zero-order valence-electron chi connectivity index (χ0n) is 15.0. The van der Waals surface area contributed by atoms with Gasteiger partial charge in [0.25, 0.3) is 0 Å². The summed E-state index contributed by atoms with van der Waals surface area (Å²) >= 11 is 0. The van der Waals surface area contributed by atoms with E-state index < -0.39 is 20.0 Å². The van der Waals surface area contributed by atoms with Crippen LogP contribution in [-0.4, -0.2) is 42.0 Å². The van der Waals surface area contributed by atoms with Crippen molar-refractivity contribution in [3.63, 3.8) is 0 Å². The number of hydrogen-bond donors (Lipinski definition) is 1. The minimum Gasteiger partial charge on any atom is -0.497 e. The maximum absolute atomic E-state index is 12.4. The van der Waals surface area contributed by atoms with Crippen molar-refractivity contribution in [2.24, 2.45) is 0 Å². The molecule has 2 aromatic rings. The van der Waals surface area contributed by atoms with Gasteiger partial charge in [0.1, 0.15) is 5.75 Å². The molecule has 1 fully saturated rings. The Hall–Kier alpha value is -2.26. The maximum Gasteiger partial charge on any atom is 0.235 e. The fourth-order valence-electron chi connectivity index (χ4n) is 2.93. The van der Waals surface area contributed by atoms with Gasteiger partial charge in [0.2, 0.25) is 20.0 Å². The summed E-state index contributed by atoms with van der Waals surface area (Å²) in [5.41, 5.74) is 1.71. The molecule has 0 aromatic heterocycles. The molecule has 0 atom stereocenters. The van der Waals surface area contributed by atoms with Crippen LogP contribution < -0.4 is 13.8 Å². The molecule has 0 bridgehead atoms. The third-order valence-corrected chi connectivity index (χ3v) is 7.48. The SMILES string of the molecule is COc1ccc(CCS(=O)(=O)Nc2cccc(N3CCCS3(=O)=O)c2)cc1. The second-order valence-electron chi connectivity index (χ2n) is 6.31. The van der Waals surface area contributed by atoms with Gasteiger partial charge in [0.05, 0.1) is 30.0 Å². The first-order valence-electron chi connectivity index (χ1n) is 8.53. The molecule has 146 valence electrons. The zero-order valence-corrected chi connectivity index (χ0v) is 16.6. The van der Waals surface area contributed by atoms with Crippen LogP contribution in [0.3, 0.4) is 0 Å². The number of nitrogens with one attached hydrogen (secondary N) is 1. The minimum atomic E-state index is -3.57. The van der Waals surface area contributed by atoms with Crippen molar-refractivity contribution < 1.29 is 21.6 Å². The number of sulfonamides is 2. The normalized spacial score (nSPS) is 16.3. The third-order valence-electron chi connectivity index (χ3n) is 4.33. The molecule has 0 radical (unpaired) electrons. The summed E-state index contributed by atoms with van der Waals surface area (Å²) < 4.78 is 57.8. The van der Waals surface area contributed by atoms with Gasteiger partial charge in [-0.15, -0.1) is 0 Å². The summed E-state index contributed by atoms with van der Waals surface area (Å²) in [6, 6.07) is 13.7. The molecule has 0 unspecified atom stereocenters. The predicted octanol–water partition coefficient (Wildman–Crippen LogP) is 2.22. The first-order chi connectivity index (χ1) is 12.8. The second-order valence-corrected chi connectivity index (χ2v) is 10.2.